The molecule has 17 heavy (non-hydrogen) atoms. The molecule has 4 heteroatoms. The molecule has 0 bridgehead atoms. The van der Waals surface area contributed by atoms with E-state index >= 15 is 0 Å². The molecule has 1 N–H and O–H groups in total. The van der Waals surface area contributed by atoms with Crippen LogP contribution in [0.25, 0.3) is 0 Å². The zero-order valence-corrected chi connectivity index (χ0v) is 12.0. The second kappa shape index (κ2) is 5.65. The smallest absolute Gasteiger partial charge is 0.322 e. The van der Waals surface area contributed by atoms with Gasteiger partial charge >= 0.3 is 5.97 Å². The Morgan fingerprint density at radius 3 is 2.59 bits per heavy atom. The minimum absolute atomic E-state index is 0.191. The summed E-state index contributed by atoms with van der Waals surface area (Å²) < 4.78 is 4.66. The third-order valence-corrected chi connectivity index (χ3v) is 4.05. The maximum atomic E-state index is 11.2. The van der Waals surface area contributed by atoms with Crippen LogP contribution in [-0.2, 0) is 21.5 Å². The zero-order chi connectivity index (χ0) is 13.1. The van der Waals surface area contributed by atoms with Crippen molar-refractivity contribution >= 4 is 17.3 Å². The predicted octanol–water partition coefficient (Wildman–Crippen LogP) is 2.70. The largest absolute Gasteiger partial charge is 0.468 e. The average molecular weight is 255 g/mol. The van der Waals surface area contributed by atoms with Crippen LogP contribution in [0.15, 0.2) is 12.1 Å². The molecule has 1 atom stereocenters. The van der Waals surface area contributed by atoms with E-state index in [4.69, 9.17) is 0 Å². The van der Waals surface area contributed by atoms with Crippen LogP contribution in [0.5, 0.6) is 0 Å². The molecular weight excluding hydrogens is 234 g/mol. The number of thiophene rings is 1. The Morgan fingerprint density at radius 2 is 2.12 bits per heavy atom. The van der Waals surface area contributed by atoms with Gasteiger partial charge in [0.25, 0.3) is 0 Å². The van der Waals surface area contributed by atoms with E-state index in [-0.39, 0.29) is 17.4 Å². The van der Waals surface area contributed by atoms with Gasteiger partial charge in [-0.15, -0.1) is 11.3 Å². The molecule has 96 valence electrons. The molecule has 0 fully saturated rings. The lowest BCUT2D eigenvalue weighted by Crippen LogP contribution is -2.34. The topological polar surface area (TPSA) is 38.3 Å². The van der Waals surface area contributed by atoms with Crippen molar-refractivity contribution in [2.75, 3.05) is 7.11 Å². The highest BCUT2D eigenvalue weighted by Gasteiger charge is 2.17. The summed E-state index contributed by atoms with van der Waals surface area (Å²) >= 11 is 1.79. The molecule has 1 unspecified atom stereocenters. The van der Waals surface area contributed by atoms with E-state index in [1.807, 2.05) is 6.92 Å². The number of hydrogen-bond donors (Lipinski definition) is 1. The highest BCUT2D eigenvalue weighted by molar-refractivity contribution is 7.12. The fourth-order valence-electron chi connectivity index (χ4n) is 1.39. The predicted molar refractivity (Wildman–Crippen MR) is 71.3 cm³/mol. The van der Waals surface area contributed by atoms with Crippen LogP contribution < -0.4 is 5.32 Å². The minimum Gasteiger partial charge on any atom is -0.468 e. The van der Waals surface area contributed by atoms with Gasteiger partial charge in [-0.05, 0) is 24.5 Å². The molecule has 0 aromatic carbocycles. The zero-order valence-electron chi connectivity index (χ0n) is 11.2. The van der Waals surface area contributed by atoms with Crippen LogP contribution in [-0.4, -0.2) is 19.1 Å². The summed E-state index contributed by atoms with van der Waals surface area (Å²) in [7, 11) is 1.41. The number of ether oxygens (including phenoxy) is 1. The number of nitrogens with one attached hydrogen (secondary N) is 1. The molecule has 0 aliphatic heterocycles. The quantitative estimate of drug-likeness (QED) is 0.841. The monoisotopic (exact) mass is 255 g/mol. The van der Waals surface area contributed by atoms with E-state index in [0.29, 0.717) is 6.54 Å². The fraction of sp³-hybridized carbons (Fsp3) is 0.615. The van der Waals surface area contributed by atoms with Crippen LogP contribution in [0.2, 0.25) is 0 Å². The van der Waals surface area contributed by atoms with Gasteiger partial charge in [0, 0.05) is 16.3 Å². The highest BCUT2D eigenvalue weighted by Crippen LogP contribution is 2.29. The van der Waals surface area contributed by atoms with Gasteiger partial charge in [0.1, 0.15) is 6.04 Å². The second-order valence-corrected chi connectivity index (χ2v) is 6.31. The maximum Gasteiger partial charge on any atom is 0.322 e. The fourth-order valence-corrected chi connectivity index (χ4v) is 2.41. The van der Waals surface area contributed by atoms with Gasteiger partial charge in [-0.2, -0.15) is 0 Å². The van der Waals surface area contributed by atoms with Gasteiger partial charge < -0.3 is 4.74 Å². The third-order valence-electron chi connectivity index (χ3n) is 2.54. The molecule has 1 heterocycles. The molecule has 1 rings (SSSR count). The maximum absolute atomic E-state index is 11.2. The second-order valence-electron chi connectivity index (χ2n) is 5.14. The number of esters is 1. The van der Waals surface area contributed by atoms with E-state index in [9.17, 15) is 4.79 Å². The SMILES string of the molecule is COC(=O)C(C)NCc1ccc(C(C)(C)C)s1. The molecule has 1 aromatic heterocycles. The molecule has 0 saturated heterocycles. The molecular formula is C13H21NO2S. The number of carbonyl (C=O) groups excluding carboxylic acids is 1. The van der Waals surface area contributed by atoms with Gasteiger partial charge in [0.2, 0.25) is 0 Å². The summed E-state index contributed by atoms with van der Waals surface area (Å²) in [4.78, 5) is 13.8. The van der Waals surface area contributed by atoms with Crippen molar-refractivity contribution in [3.8, 4) is 0 Å². The Hall–Kier alpha value is -0.870. The third kappa shape index (κ3) is 4.13. The first-order valence-electron chi connectivity index (χ1n) is 5.75. The van der Waals surface area contributed by atoms with Gasteiger partial charge in [-0.1, -0.05) is 20.8 Å². The Balaban J connectivity index is 2.53. The molecule has 0 radical (unpaired) electrons. The molecule has 3 nitrogen and oxygen atoms in total. The molecule has 0 aliphatic carbocycles. The first-order valence-corrected chi connectivity index (χ1v) is 6.56. The normalized spacial score (nSPS) is 13.5. The Labute approximate surface area is 107 Å². The Bertz CT molecular complexity index is 379. The summed E-state index contributed by atoms with van der Waals surface area (Å²) in [6.45, 7) is 9.12. The van der Waals surface area contributed by atoms with Crippen LogP contribution in [0.4, 0.5) is 0 Å². The Kier molecular flexibility index (Phi) is 4.71. The molecule has 0 saturated carbocycles. The van der Waals surface area contributed by atoms with Crippen molar-refractivity contribution in [3.63, 3.8) is 0 Å². The first kappa shape index (κ1) is 14.2. The van der Waals surface area contributed by atoms with Crippen LogP contribution >= 0.6 is 11.3 Å². The van der Waals surface area contributed by atoms with E-state index in [1.165, 1.54) is 16.9 Å². The number of carbonyl (C=O) groups is 1. The van der Waals surface area contributed by atoms with Crippen LogP contribution in [0.1, 0.15) is 37.4 Å². The standard InChI is InChI=1S/C13H21NO2S/c1-9(12(15)16-5)14-8-10-6-7-11(17-10)13(2,3)4/h6-7,9,14H,8H2,1-5H3. The summed E-state index contributed by atoms with van der Waals surface area (Å²) in [5.41, 5.74) is 0.191. The first-order chi connectivity index (χ1) is 7.84. The van der Waals surface area contributed by atoms with Crippen molar-refractivity contribution in [3.05, 3.63) is 21.9 Å². The molecule has 1 aromatic rings. The number of rotatable bonds is 4. The molecule has 0 amide bonds. The van der Waals surface area contributed by atoms with E-state index in [2.05, 4.69) is 43.0 Å². The van der Waals surface area contributed by atoms with Crippen molar-refractivity contribution < 1.29 is 9.53 Å². The van der Waals surface area contributed by atoms with Gasteiger partial charge in [0.15, 0.2) is 0 Å². The van der Waals surface area contributed by atoms with Gasteiger partial charge in [0.05, 0.1) is 7.11 Å². The van der Waals surface area contributed by atoms with Crippen LogP contribution in [0, 0.1) is 0 Å². The number of hydrogen-bond acceptors (Lipinski definition) is 4. The van der Waals surface area contributed by atoms with Gasteiger partial charge in [-0.25, -0.2) is 0 Å². The summed E-state index contributed by atoms with van der Waals surface area (Å²) in [6, 6.07) is 4.01. The molecule has 0 aliphatic rings. The summed E-state index contributed by atoms with van der Waals surface area (Å²) in [5.74, 6) is -0.224. The van der Waals surface area contributed by atoms with Crippen molar-refractivity contribution in [1.29, 1.82) is 0 Å². The Morgan fingerprint density at radius 1 is 1.47 bits per heavy atom. The highest BCUT2D eigenvalue weighted by atomic mass is 32.1. The summed E-state index contributed by atoms with van der Waals surface area (Å²) in [5, 5.41) is 3.15. The minimum atomic E-state index is -0.264. The lowest BCUT2D eigenvalue weighted by atomic mass is 9.95. The average Bonchev–Trinajstić information content (AvgIpc) is 2.72. The van der Waals surface area contributed by atoms with Crippen molar-refractivity contribution in [2.45, 2.75) is 45.7 Å². The van der Waals surface area contributed by atoms with Crippen molar-refractivity contribution in [1.82, 2.24) is 5.32 Å². The van der Waals surface area contributed by atoms with E-state index in [1.54, 1.807) is 11.3 Å². The lowest BCUT2D eigenvalue weighted by molar-refractivity contribution is -0.142. The van der Waals surface area contributed by atoms with Crippen LogP contribution in [0.3, 0.4) is 0 Å². The van der Waals surface area contributed by atoms with Gasteiger partial charge in [-0.3, -0.25) is 10.1 Å². The van der Waals surface area contributed by atoms with E-state index in [0.717, 1.165) is 0 Å². The summed E-state index contributed by atoms with van der Waals surface area (Å²) in [6.07, 6.45) is 0. The molecule has 0 spiro atoms. The lowest BCUT2D eigenvalue weighted by Gasteiger charge is -2.15. The van der Waals surface area contributed by atoms with Crippen molar-refractivity contribution in [2.24, 2.45) is 0 Å². The van der Waals surface area contributed by atoms with E-state index < -0.39 is 0 Å². The number of methoxy groups -OCH3 is 1.